The molecule has 2 aromatic rings. The fraction of sp³-hybridized carbons (Fsp3) is 0.333. The highest BCUT2D eigenvalue weighted by Gasteiger charge is 2.53. The Morgan fingerprint density at radius 3 is 2.16 bits per heavy atom. The van der Waals surface area contributed by atoms with Gasteiger partial charge in [0, 0.05) is 13.5 Å². The van der Waals surface area contributed by atoms with Crippen LogP contribution in [0.2, 0.25) is 0 Å². The van der Waals surface area contributed by atoms with Crippen LogP contribution >= 0.6 is 7.37 Å². The minimum atomic E-state index is -3.79. The molecule has 0 bridgehead atoms. The third kappa shape index (κ3) is 3.91. The minimum absolute atomic E-state index is 0.118. The lowest BCUT2D eigenvalue weighted by atomic mass is 9.83. The molecule has 169 valence electrons. The second-order valence-corrected chi connectivity index (χ2v) is 11.1. The average molecular weight is 456 g/mol. The SMILES string of the molecule is [CH2]c1ccccc1C(C)(C(C)CCC(=O)O)P(=O)(CN1C(=O)c2ccccc2C1=O)OC. The van der Waals surface area contributed by atoms with Crippen LogP contribution in [0.25, 0.3) is 0 Å². The van der Waals surface area contributed by atoms with Crippen LogP contribution < -0.4 is 0 Å². The lowest BCUT2D eigenvalue weighted by Crippen LogP contribution is -2.39. The molecule has 0 saturated carbocycles. The number of hydrogen-bond donors (Lipinski definition) is 1. The number of carboxylic acid groups (broad SMARTS) is 1. The molecule has 2 aromatic carbocycles. The summed E-state index contributed by atoms with van der Waals surface area (Å²) in [6.45, 7) is 7.62. The van der Waals surface area contributed by atoms with Crippen molar-refractivity contribution < 1.29 is 28.6 Å². The number of carbonyl (C=O) groups is 3. The lowest BCUT2D eigenvalue weighted by molar-refractivity contribution is -0.137. The van der Waals surface area contributed by atoms with Crippen LogP contribution in [0.1, 0.15) is 58.5 Å². The van der Waals surface area contributed by atoms with Crippen LogP contribution in [0.15, 0.2) is 48.5 Å². The number of benzene rings is 2. The number of aliphatic carboxylic acids is 1. The van der Waals surface area contributed by atoms with Gasteiger partial charge in [-0.05, 0) is 49.4 Å². The summed E-state index contributed by atoms with van der Waals surface area (Å²) in [6.07, 6.45) is -0.305. The first-order valence-electron chi connectivity index (χ1n) is 10.3. The van der Waals surface area contributed by atoms with Crippen LogP contribution in [0.3, 0.4) is 0 Å². The van der Waals surface area contributed by atoms with Crippen molar-refractivity contribution in [3.8, 4) is 0 Å². The summed E-state index contributed by atoms with van der Waals surface area (Å²) in [6, 6.07) is 13.6. The van der Waals surface area contributed by atoms with Gasteiger partial charge in [-0.3, -0.25) is 23.8 Å². The van der Waals surface area contributed by atoms with Crippen molar-refractivity contribution in [2.24, 2.45) is 5.92 Å². The van der Waals surface area contributed by atoms with Gasteiger partial charge in [0.1, 0.15) is 6.29 Å². The van der Waals surface area contributed by atoms with E-state index in [1.54, 1.807) is 55.5 Å². The summed E-state index contributed by atoms with van der Waals surface area (Å²) in [4.78, 5) is 38.1. The highest BCUT2D eigenvalue weighted by Crippen LogP contribution is 2.68. The van der Waals surface area contributed by atoms with E-state index in [2.05, 4.69) is 6.92 Å². The second-order valence-electron chi connectivity index (χ2n) is 8.22. The van der Waals surface area contributed by atoms with Gasteiger partial charge < -0.3 is 9.63 Å². The summed E-state index contributed by atoms with van der Waals surface area (Å²) in [5, 5.41) is 8.01. The molecule has 2 amide bonds. The number of hydrogen-bond acceptors (Lipinski definition) is 5. The Hall–Kier alpha value is -2.76. The molecule has 3 rings (SSSR count). The molecule has 32 heavy (non-hydrogen) atoms. The lowest BCUT2D eigenvalue weighted by Gasteiger charge is -2.43. The molecule has 8 heteroatoms. The van der Waals surface area contributed by atoms with Crippen molar-refractivity contribution >= 4 is 25.2 Å². The van der Waals surface area contributed by atoms with Gasteiger partial charge in [0.2, 0.25) is 7.37 Å². The highest BCUT2D eigenvalue weighted by atomic mass is 31.2. The summed E-state index contributed by atoms with van der Waals surface area (Å²) >= 11 is 0. The third-order valence-electron chi connectivity index (χ3n) is 6.52. The average Bonchev–Trinajstić information content (AvgIpc) is 3.02. The molecule has 0 saturated heterocycles. The van der Waals surface area contributed by atoms with Gasteiger partial charge in [-0.15, -0.1) is 0 Å². The van der Waals surface area contributed by atoms with Gasteiger partial charge in [-0.25, -0.2) is 0 Å². The predicted octanol–water partition coefficient (Wildman–Crippen LogP) is 4.76. The number of imide groups is 1. The maximum Gasteiger partial charge on any atom is 0.303 e. The Labute approximate surface area is 187 Å². The number of fused-ring (bicyclic) bond motifs is 1. The van der Waals surface area contributed by atoms with Gasteiger partial charge in [0.05, 0.1) is 16.3 Å². The summed E-state index contributed by atoms with van der Waals surface area (Å²) in [5.74, 6) is -2.42. The van der Waals surface area contributed by atoms with E-state index < -0.39 is 42.5 Å². The number of carbonyl (C=O) groups excluding carboxylic acids is 2. The highest BCUT2D eigenvalue weighted by molar-refractivity contribution is 7.60. The topological polar surface area (TPSA) is 101 Å². The largest absolute Gasteiger partial charge is 0.481 e. The van der Waals surface area contributed by atoms with Crippen molar-refractivity contribution in [1.29, 1.82) is 0 Å². The van der Waals surface area contributed by atoms with E-state index in [-0.39, 0.29) is 24.0 Å². The zero-order chi connectivity index (χ0) is 23.7. The molecule has 1 N–H and O–H groups in total. The van der Waals surface area contributed by atoms with Crippen molar-refractivity contribution in [2.45, 2.75) is 31.8 Å². The van der Waals surface area contributed by atoms with Gasteiger partial charge in [-0.2, -0.15) is 0 Å². The molecule has 1 heterocycles. The Bertz CT molecular complexity index is 1080. The van der Waals surface area contributed by atoms with Crippen molar-refractivity contribution in [3.05, 3.63) is 77.7 Å². The second kappa shape index (κ2) is 9.00. The van der Waals surface area contributed by atoms with E-state index >= 15 is 0 Å². The summed E-state index contributed by atoms with van der Waals surface area (Å²) in [5.41, 5.74) is 1.79. The van der Waals surface area contributed by atoms with Crippen LogP contribution in [-0.4, -0.2) is 41.2 Å². The van der Waals surface area contributed by atoms with Crippen molar-refractivity contribution in [2.75, 3.05) is 13.4 Å². The molecular weight excluding hydrogens is 429 g/mol. The summed E-state index contributed by atoms with van der Waals surface area (Å²) < 4.78 is 20.1. The Morgan fingerprint density at radius 1 is 1.12 bits per heavy atom. The smallest absolute Gasteiger partial charge is 0.303 e. The number of carboxylic acids is 1. The molecule has 0 aliphatic carbocycles. The van der Waals surface area contributed by atoms with Gasteiger partial charge in [0.25, 0.3) is 11.8 Å². The molecule has 1 radical (unpaired) electrons. The first kappa shape index (κ1) is 23.9. The van der Waals surface area contributed by atoms with Crippen LogP contribution in [0.5, 0.6) is 0 Å². The van der Waals surface area contributed by atoms with E-state index in [1.165, 1.54) is 7.11 Å². The van der Waals surface area contributed by atoms with Gasteiger partial charge in [-0.1, -0.05) is 43.3 Å². The normalized spacial score (nSPS) is 18.1. The van der Waals surface area contributed by atoms with E-state index in [1.807, 2.05) is 6.92 Å². The quantitative estimate of drug-likeness (QED) is 0.431. The zero-order valence-electron chi connectivity index (χ0n) is 18.4. The predicted molar refractivity (Wildman–Crippen MR) is 121 cm³/mol. The monoisotopic (exact) mass is 456 g/mol. The fourth-order valence-electron chi connectivity index (χ4n) is 4.37. The minimum Gasteiger partial charge on any atom is -0.481 e. The molecule has 0 aromatic heterocycles. The van der Waals surface area contributed by atoms with Crippen LogP contribution in [0.4, 0.5) is 0 Å². The van der Waals surface area contributed by atoms with Gasteiger partial charge in [0.15, 0.2) is 0 Å². The van der Waals surface area contributed by atoms with Crippen LogP contribution in [-0.2, 0) is 19.0 Å². The first-order valence-corrected chi connectivity index (χ1v) is 12.1. The summed E-state index contributed by atoms with van der Waals surface area (Å²) in [7, 11) is -2.49. The standard InChI is InChI=1S/C24H27NO6P/c1-16-9-5-8-12-20(16)24(3,17(2)13-14-21(26)27)32(30,31-4)15-25-22(28)18-10-6-7-11-19(18)23(25)29/h5-12,17H,1,13-15H2,2-4H3,(H,26,27). The number of rotatable bonds is 9. The maximum absolute atomic E-state index is 14.5. The Morgan fingerprint density at radius 2 is 1.66 bits per heavy atom. The maximum atomic E-state index is 14.5. The number of amides is 2. The molecule has 7 nitrogen and oxygen atoms in total. The molecule has 3 atom stereocenters. The van der Waals surface area contributed by atoms with Crippen molar-refractivity contribution in [3.63, 3.8) is 0 Å². The van der Waals surface area contributed by atoms with E-state index in [0.717, 1.165) is 4.90 Å². The molecule has 1 aliphatic rings. The van der Waals surface area contributed by atoms with Crippen LogP contribution in [0, 0.1) is 12.8 Å². The van der Waals surface area contributed by atoms with Gasteiger partial charge >= 0.3 is 5.97 Å². The zero-order valence-corrected chi connectivity index (χ0v) is 19.3. The van der Waals surface area contributed by atoms with E-state index in [4.69, 9.17) is 4.52 Å². The third-order valence-corrected chi connectivity index (χ3v) is 9.86. The first-order chi connectivity index (χ1) is 15.1. The molecule has 0 fully saturated rings. The van der Waals surface area contributed by atoms with Crippen molar-refractivity contribution in [1.82, 2.24) is 4.90 Å². The Balaban J connectivity index is 2.08. The molecule has 3 unspecified atom stereocenters. The Kier molecular flexibility index (Phi) is 6.72. The van der Waals surface area contributed by atoms with E-state index in [9.17, 15) is 24.1 Å². The molecule has 0 spiro atoms. The molecular formula is C24H27NO6P. The van der Waals surface area contributed by atoms with E-state index in [0.29, 0.717) is 11.1 Å². The fourth-order valence-corrected chi connectivity index (χ4v) is 7.17. The number of nitrogens with zero attached hydrogens (tertiary/aromatic N) is 1. The molecule has 1 aliphatic heterocycles.